The van der Waals surface area contributed by atoms with Gasteiger partial charge >= 0.3 is 5.97 Å². The van der Waals surface area contributed by atoms with E-state index in [-0.39, 0.29) is 6.61 Å². The van der Waals surface area contributed by atoms with E-state index in [2.05, 4.69) is 5.32 Å². The molecule has 0 fully saturated rings. The van der Waals surface area contributed by atoms with Gasteiger partial charge in [0, 0.05) is 27.8 Å². The predicted molar refractivity (Wildman–Crippen MR) is 106 cm³/mol. The highest BCUT2D eigenvalue weighted by Gasteiger charge is 2.12. The van der Waals surface area contributed by atoms with E-state index in [0.717, 1.165) is 17.1 Å². The number of halogens is 1. The number of hydrogen-bond acceptors (Lipinski definition) is 3. The number of benzene rings is 2. The number of amides is 1. The van der Waals surface area contributed by atoms with Crippen LogP contribution in [0.2, 0.25) is 5.02 Å². The highest BCUT2D eigenvalue weighted by atomic mass is 35.5. The van der Waals surface area contributed by atoms with Crippen LogP contribution in [0.5, 0.6) is 0 Å². The quantitative estimate of drug-likeness (QED) is 0.659. The molecule has 0 atom stereocenters. The third-order valence-corrected chi connectivity index (χ3v) is 4.29. The van der Waals surface area contributed by atoms with E-state index in [4.69, 9.17) is 16.3 Å². The van der Waals surface area contributed by atoms with Crippen molar-refractivity contribution >= 4 is 29.2 Å². The standard InChI is InChI=1S/C21H19ClN2O3/c1-14-9-10-15(2)24(14)19-8-3-5-16(11-19)21(26)27-13-20(25)23-18-7-4-6-17(22)12-18/h3-12H,13H2,1-2H3,(H,23,25). The van der Waals surface area contributed by atoms with Crippen LogP contribution in [0.3, 0.4) is 0 Å². The largest absolute Gasteiger partial charge is 0.452 e. The minimum absolute atomic E-state index is 0.378. The second-order valence-corrected chi connectivity index (χ2v) is 6.57. The van der Waals surface area contributed by atoms with Crippen LogP contribution < -0.4 is 5.32 Å². The lowest BCUT2D eigenvalue weighted by Gasteiger charge is -2.11. The number of carbonyl (C=O) groups is 2. The average molecular weight is 383 g/mol. The number of esters is 1. The first-order valence-electron chi connectivity index (χ1n) is 8.42. The predicted octanol–water partition coefficient (Wildman–Crippen LogP) is 4.54. The van der Waals surface area contributed by atoms with Crippen molar-refractivity contribution in [1.29, 1.82) is 0 Å². The molecular formula is C21H19ClN2O3. The van der Waals surface area contributed by atoms with Crippen molar-refractivity contribution in [1.82, 2.24) is 4.57 Å². The highest BCUT2D eigenvalue weighted by molar-refractivity contribution is 6.30. The maximum Gasteiger partial charge on any atom is 0.338 e. The average Bonchev–Trinajstić information content (AvgIpc) is 2.98. The molecule has 0 aliphatic carbocycles. The van der Waals surface area contributed by atoms with Gasteiger partial charge in [-0.25, -0.2) is 4.79 Å². The first kappa shape index (κ1) is 18.7. The number of aryl methyl sites for hydroxylation is 2. The zero-order valence-corrected chi connectivity index (χ0v) is 15.8. The summed E-state index contributed by atoms with van der Waals surface area (Å²) in [6.45, 7) is 3.62. The molecule has 138 valence electrons. The van der Waals surface area contributed by atoms with Gasteiger partial charge in [0.25, 0.3) is 5.91 Å². The van der Waals surface area contributed by atoms with Gasteiger partial charge in [0.1, 0.15) is 0 Å². The molecule has 5 nitrogen and oxygen atoms in total. The van der Waals surface area contributed by atoms with Gasteiger partial charge < -0.3 is 14.6 Å². The summed E-state index contributed by atoms with van der Waals surface area (Å²) in [5.41, 5.74) is 3.94. The summed E-state index contributed by atoms with van der Waals surface area (Å²) >= 11 is 5.88. The molecule has 6 heteroatoms. The molecule has 0 radical (unpaired) electrons. The van der Waals surface area contributed by atoms with E-state index in [0.29, 0.717) is 16.3 Å². The van der Waals surface area contributed by atoms with E-state index in [1.165, 1.54) is 0 Å². The molecule has 0 aliphatic heterocycles. The first-order chi connectivity index (χ1) is 12.9. The lowest BCUT2D eigenvalue weighted by molar-refractivity contribution is -0.119. The summed E-state index contributed by atoms with van der Waals surface area (Å²) < 4.78 is 7.18. The Bertz CT molecular complexity index is 975. The first-order valence-corrected chi connectivity index (χ1v) is 8.80. The molecule has 0 saturated heterocycles. The SMILES string of the molecule is Cc1ccc(C)n1-c1cccc(C(=O)OCC(=O)Nc2cccc(Cl)c2)c1. The minimum atomic E-state index is -0.555. The van der Waals surface area contributed by atoms with Crippen molar-refractivity contribution in [2.45, 2.75) is 13.8 Å². The Hall–Kier alpha value is -3.05. The van der Waals surface area contributed by atoms with E-state index in [1.807, 2.05) is 36.6 Å². The van der Waals surface area contributed by atoms with Crippen molar-refractivity contribution in [2.75, 3.05) is 11.9 Å². The van der Waals surface area contributed by atoms with Crippen LogP contribution in [0.15, 0.2) is 60.7 Å². The Kier molecular flexibility index (Phi) is 5.62. The minimum Gasteiger partial charge on any atom is -0.452 e. The maximum atomic E-state index is 12.3. The van der Waals surface area contributed by atoms with Crippen molar-refractivity contribution < 1.29 is 14.3 Å². The summed E-state index contributed by atoms with van der Waals surface area (Å²) in [4.78, 5) is 24.3. The van der Waals surface area contributed by atoms with Crippen molar-refractivity contribution in [2.24, 2.45) is 0 Å². The van der Waals surface area contributed by atoms with Crippen LogP contribution in [-0.2, 0) is 9.53 Å². The van der Waals surface area contributed by atoms with Gasteiger partial charge in [-0.2, -0.15) is 0 Å². The molecule has 0 bridgehead atoms. The molecule has 1 amide bonds. The van der Waals surface area contributed by atoms with Crippen LogP contribution in [0.1, 0.15) is 21.7 Å². The van der Waals surface area contributed by atoms with Gasteiger partial charge in [-0.1, -0.05) is 23.7 Å². The topological polar surface area (TPSA) is 60.3 Å². The fourth-order valence-corrected chi connectivity index (χ4v) is 3.02. The molecule has 1 heterocycles. The van der Waals surface area contributed by atoms with Crippen LogP contribution in [0.25, 0.3) is 5.69 Å². The molecule has 1 N–H and O–H groups in total. The van der Waals surface area contributed by atoms with E-state index in [9.17, 15) is 9.59 Å². The molecule has 0 aliphatic rings. The number of hydrogen-bond donors (Lipinski definition) is 1. The molecule has 0 saturated carbocycles. The second kappa shape index (κ2) is 8.10. The van der Waals surface area contributed by atoms with Gasteiger partial charge in [-0.3, -0.25) is 4.79 Å². The molecule has 27 heavy (non-hydrogen) atoms. The van der Waals surface area contributed by atoms with Gasteiger partial charge in [-0.15, -0.1) is 0 Å². The van der Waals surface area contributed by atoms with Crippen molar-refractivity contribution in [3.05, 3.63) is 82.6 Å². The fraction of sp³-hybridized carbons (Fsp3) is 0.143. The summed E-state index contributed by atoms with van der Waals surface area (Å²) in [5.74, 6) is -0.987. The summed E-state index contributed by atoms with van der Waals surface area (Å²) in [6.07, 6.45) is 0. The molecule has 1 aromatic heterocycles. The molecule has 3 rings (SSSR count). The zero-order chi connectivity index (χ0) is 19.4. The Morgan fingerprint density at radius 1 is 1.00 bits per heavy atom. The Morgan fingerprint density at radius 3 is 2.41 bits per heavy atom. The zero-order valence-electron chi connectivity index (χ0n) is 15.0. The van der Waals surface area contributed by atoms with Crippen molar-refractivity contribution in [3.8, 4) is 5.69 Å². The van der Waals surface area contributed by atoms with Crippen LogP contribution in [0, 0.1) is 13.8 Å². The van der Waals surface area contributed by atoms with Gasteiger partial charge in [0.15, 0.2) is 6.61 Å². The van der Waals surface area contributed by atoms with Gasteiger partial charge in [0.2, 0.25) is 0 Å². The monoisotopic (exact) mass is 382 g/mol. The van der Waals surface area contributed by atoms with Crippen molar-refractivity contribution in [3.63, 3.8) is 0 Å². The second-order valence-electron chi connectivity index (χ2n) is 6.14. The van der Waals surface area contributed by atoms with Gasteiger partial charge in [-0.05, 0) is 62.4 Å². The summed E-state index contributed by atoms with van der Waals surface area (Å²) in [5, 5.41) is 3.14. The smallest absolute Gasteiger partial charge is 0.338 e. The molecule has 2 aromatic carbocycles. The lowest BCUT2D eigenvalue weighted by Crippen LogP contribution is -2.21. The van der Waals surface area contributed by atoms with E-state index >= 15 is 0 Å². The lowest BCUT2D eigenvalue weighted by atomic mass is 10.2. The number of carbonyl (C=O) groups excluding carboxylic acids is 2. The summed E-state index contributed by atoms with van der Waals surface area (Å²) in [7, 11) is 0. The third-order valence-electron chi connectivity index (χ3n) is 4.05. The Morgan fingerprint density at radius 2 is 1.70 bits per heavy atom. The number of rotatable bonds is 5. The molecular weight excluding hydrogens is 364 g/mol. The van der Waals surface area contributed by atoms with Crippen LogP contribution in [0.4, 0.5) is 5.69 Å². The Labute approximate surface area is 162 Å². The van der Waals surface area contributed by atoms with Crippen LogP contribution in [-0.4, -0.2) is 23.1 Å². The number of ether oxygens (including phenoxy) is 1. The normalized spacial score (nSPS) is 10.5. The molecule has 0 unspecified atom stereocenters. The third kappa shape index (κ3) is 4.57. The number of nitrogens with zero attached hydrogens (tertiary/aromatic N) is 1. The summed E-state index contributed by atoms with van der Waals surface area (Å²) in [6, 6.07) is 17.9. The Balaban J connectivity index is 1.65. The fourth-order valence-electron chi connectivity index (χ4n) is 2.83. The molecule has 3 aromatic rings. The van der Waals surface area contributed by atoms with Gasteiger partial charge in [0.05, 0.1) is 5.56 Å². The number of aromatic nitrogens is 1. The number of anilines is 1. The van der Waals surface area contributed by atoms with E-state index < -0.39 is 11.9 Å². The highest BCUT2D eigenvalue weighted by Crippen LogP contribution is 2.18. The van der Waals surface area contributed by atoms with Crippen LogP contribution >= 0.6 is 11.6 Å². The maximum absolute atomic E-state index is 12.3. The van der Waals surface area contributed by atoms with E-state index in [1.54, 1.807) is 42.5 Å². The molecule has 0 spiro atoms. The number of nitrogens with one attached hydrogen (secondary N) is 1.